The predicted molar refractivity (Wildman–Crippen MR) is 59.3 cm³/mol. The van der Waals surface area contributed by atoms with Gasteiger partial charge in [0.1, 0.15) is 0 Å². The maximum absolute atomic E-state index is 11.1. The van der Waals surface area contributed by atoms with Gasteiger partial charge in [-0.2, -0.15) is 11.8 Å². The summed E-state index contributed by atoms with van der Waals surface area (Å²) in [5.74, 6) is 2.13. The molecule has 0 heterocycles. The number of nitrogens with two attached hydrogens (primary N) is 1. The van der Waals surface area contributed by atoms with E-state index in [9.17, 15) is 4.79 Å². The monoisotopic (exact) mass is 217 g/mol. The molecule has 1 aliphatic rings. The smallest absolute Gasteiger partial charge is 0.306 e. The van der Waals surface area contributed by atoms with E-state index in [1.165, 1.54) is 20.0 Å². The third-order valence-corrected chi connectivity index (χ3v) is 4.00. The second-order valence-electron chi connectivity index (χ2n) is 3.95. The van der Waals surface area contributed by atoms with Gasteiger partial charge in [0.25, 0.3) is 0 Å². The first kappa shape index (κ1) is 11.9. The summed E-state index contributed by atoms with van der Waals surface area (Å²) in [6.45, 7) is 0.761. The number of rotatable bonds is 7. The number of carbonyl (C=O) groups is 1. The summed E-state index contributed by atoms with van der Waals surface area (Å²) < 4.78 is 4.69. The lowest BCUT2D eigenvalue weighted by Gasteiger charge is -2.12. The predicted octanol–water partition coefficient (Wildman–Crippen LogP) is 1.41. The topological polar surface area (TPSA) is 52.3 Å². The van der Waals surface area contributed by atoms with Crippen molar-refractivity contribution in [3.05, 3.63) is 0 Å². The standard InChI is InChI=1S/C10H19NO2S/c1-13-9(12)7-10(3-4-10)8-14-6-2-5-11/h2-8,11H2,1H3. The molecule has 0 atom stereocenters. The summed E-state index contributed by atoms with van der Waals surface area (Å²) in [6.07, 6.45) is 4.02. The zero-order chi connectivity index (χ0) is 10.4. The van der Waals surface area contributed by atoms with E-state index >= 15 is 0 Å². The Morgan fingerprint density at radius 3 is 2.79 bits per heavy atom. The Morgan fingerprint density at radius 2 is 2.29 bits per heavy atom. The third kappa shape index (κ3) is 3.88. The summed E-state index contributed by atoms with van der Waals surface area (Å²) in [4.78, 5) is 11.1. The molecule has 1 rings (SSSR count). The van der Waals surface area contributed by atoms with E-state index in [1.807, 2.05) is 11.8 Å². The SMILES string of the molecule is COC(=O)CC1(CSCCCN)CC1. The van der Waals surface area contributed by atoms with Crippen molar-refractivity contribution >= 4 is 17.7 Å². The minimum Gasteiger partial charge on any atom is -0.469 e. The Bertz CT molecular complexity index is 193. The Balaban J connectivity index is 2.12. The van der Waals surface area contributed by atoms with E-state index in [2.05, 4.69) is 4.74 Å². The molecule has 1 fully saturated rings. The van der Waals surface area contributed by atoms with Gasteiger partial charge in [-0.15, -0.1) is 0 Å². The molecule has 0 aromatic rings. The quantitative estimate of drug-likeness (QED) is 0.517. The van der Waals surface area contributed by atoms with E-state index in [0.717, 1.165) is 24.5 Å². The molecule has 0 bridgehead atoms. The normalized spacial score (nSPS) is 17.9. The molecule has 0 aromatic carbocycles. The van der Waals surface area contributed by atoms with Gasteiger partial charge in [-0.3, -0.25) is 4.79 Å². The Morgan fingerprint density at radius 1 is 1.57 bits per heavy atom. The summed E-state index contributed by atoms with van der Waals surface area (Å²) in [7, 11) is 1.46. The van der Waals surface area contributed by atoms with Gasteiger partial charge >= 0.3 is 5.97 Å². The van der Waals surface area contributed by atoms with Crippen molar-refractivity contribution in [3.8, 4) is 0 Å². The molecule has 0 amide bonds. The molecule has 1 saturated carbocycles. The fraction of sp³-hybridized carbons (Fsp3) is 0.900. The highest BCUT2D eigenvalue weighted by Crippen LogP contribution is 2.51. The molecular formula is C10H19NO2S. The molecule has 3 nitrogen and oxygen atoms in total. The van der Waals surface area contributed by atoms with Crippen LogP contribution in [0.5, 0.6) is 0 Å². The second kappa shape index (κ2) is 5.61. The van der Waals surface area contributed by atoms with Crippen molar-refractivity contribution in [2.45, 2.75) is 25.7 Å². The van der Waals surface area contributed by atoms with Crippen LogP contribution in [0, 0.1) is 5.41 Å². The summed E-state index contributed by atoms with van der Waals surface area (Å²) >= 11 is 1.91. The van der Waals surface area contributed by atoms with Crippen LogP contribution in [0.2, 0.25) is 0 Å². The highest BCUT2D eigenvalue weighted by Gasteiger charge is 2.44. The van der Waals surface area contributed by atoms with Crippen molar-refractivity contribution in [2.75, 3.05) is 25.2 Å². The Hall–Kier alpha value is -0.220. The number of thioether (sulfide) groups is 1. The van der Waals surface area contributed by atoms with Gasteiger partial charge in [-0.25, -0.2) is 0 Å². The maximum atomic E-state index is 11.1. The maximum Gasteiger partial charge on any atom is 0.306 e. The van der Waals surface area contributed by atoms with Crippen LogP contribution in [0.25, 0.3) is 0 Å². The minimum absolute atomic E-state index is 0.0677. The van der Waals surface area contributed by atoms with E-state index in [4.69, 9.17) is 5.73 Å². The summed E-state index contributed by atoms with van der Waals surface area (Å²) in [5.41, 5.74) is 5.68. The molecule has 1 aliphatic carbocycles. The average Bonchev–Trinajstić information content (AvgIpc) is 2.93. The minimum atomic E-state index is -0.0677. The lowest BCUT2D eigenvalue weighted by molar-refractivity contribution is -0.141. The molecule has 0 aromatic heterocycles. The first-order chi connectivity index (χ1) is 6.72. The molecule has 0 aliphatic heterocycles. The number of esters is 1. The van der Waals surface area contributed by atoms with E-state index in [0.29, 0.717) is 6.42 Å². The summed E-state index contributed by atoms with van der Waals surface area (Å²) in [6, 6.07) is 0. The van der Waals surface area contributed by atoms with Crippen molar-refractivity contribution in [1.82, 2.24) is 0 Å². The zero-order valence-electron chi connectivity index (χ0n) is 8.75. The number of hydrogen-bond donors (Lipinski definition) is 1. The van der Waals surface area contributed by atoms with Crippen molar-refractivity contribution < 1.29 is 9.53 Å². The van der Waals surface area contributed by atoms with Gasteiger partial charge in [0.05, 0.1) is 13.5 Å². The number of hydrogen-bond acceptors (Lipinski definition) is 4. The van der Waals surface area contributed by atoms with Crippen LogP contribution in [0.4, 0.5) is 0 Å². The van der Waals surface area contributed by atoms with Gasteiger partial charge < -0.3 is 10.5 Å². The molecule has 0 radical (unpaired) electrons. The van der Waals surface area contributed by atoms with Crippen molar-refractivity contribution in [1.29, 1.82) is 0 Å². The van der Waals surface area contributed by atoms with Gasteiger partial charge in [-0.1, -0.05) is 0 Å². The second-order valence-corrected chi connectivity index (χ2v) is 5.05. The van der Waals surface area contributed by atoms with Crippen LogP contribution in [0.15, 0.2) is 0 Å². The Kier molecular flexibility index (Phi) is 4.75. The number of carbonyl (C=O) groups excluding carboxylic acids is 1. The van der Waals surface area contributed by atoms with Crippen molar-refractivity contribution in [3.63, 3.8) is 0 Å². The highest BCUT2D eigenvalue weighted by molar-refractivity contribution is 7.99. The average molecular weight is 217 g/mol. The van der Waals surface area contributed by atoms with Gasteiger partial charge in [0, 0.05) is 0 Å². The molecule has 0 unspecified atom stereocenters. The molecule has 4 heteroatoms. The van der Waals surface area contributed by atoms with E-state index < -0.39 is 0 Å². The fourth-order valence-corrected chi connectivity index (χ4v) is 2.74. The molecule has 0 spiro atoms. The van der Waals surface area contributed by atoms with Crippen LogP contribution in [-0.2, 0) is 9.53 Å². The van der Waals surface area contributed by atoms with Gasteiger partial charge in [0.2, 0.25) is 0 Å². The fourth-order valence-electron chi connectivity index (χ4n) is 1.40. The van der Waals surface area contributed by atoms with Gasteiger partial charge in [-0.05, 0) is 42.7 Å². The highest BCUT2D eigenvalue weighted by atomic mass is 32.2. The van der Waals surface area contributed by atoms with Crippen LogP contribution >= 0.6 is 11.8 Å². The number of ether oxygens (including phenoxy) is 1. The third-order valence-electron chi connectivity index (χ3n) is 2.61. The van der Waals surface area contributed by atoms with Crippen molar-refractivity contribution in [2.24, 2.45) is 11.1 Å². The Labute approximate surface area is 89.8 Å². The largest absolute Gasteiger partial charge is 0.469 e. The molecule has 0 saturated heterocycles. The van der Waals surface area contributed by atoms with Crippen LogP contribution in [0.3, 0.4) is 0 Å². The van der Waals surface area contributed by atoms with E-state index in [-0.39, 0.29) is 11.4 Å². The molecular weight excluding hydrogens is 198 g/mol. The van der Waals surface area contributed by atoms with Crippen LogP contribution in [0.1, 0.15) is 25.7 Å². The zero-order valence-corrected chi connectivity index (χ0v) is 9.57. The lowest BCUT2D eigenvalue weighted by atomic mass is 10.1. The number of methoxy groups -OCH3 is 1. The van der Waals surface area contributed by atoms with E-state index in [1.54, 1.807) is 0 Å². The first-order valence-corrected chi connectivity index (χ1v) is 6.22. The molecule has 82 valence electrons. The van der Waals surface area contributed by atoms with Gasteiger partial charge in [0.15, 0.2) is 0 Å². The van der Waals surface area contributed by atoms with Crippen LogP contribution < -0.4 is 5.73 Å². The van der Waals surface area contributed by atoms with Crippen LogP contribution in [-0.4, -0.2) is 31.1 Å². The molecule has 14 heavy (non-hydrogen) atoms. The molecule has 2 N–H and O–H groups in total. The lowest BCUT2D eigenvalue weighted by Crippen LogP contribution is -2.13. The summed E-state index contributed by atoms with van der Waals surface area (Å²) in [5, 5.41) is 0. The first-order valence-electron chi connectivity index (χ1n) is 5.07.